The standard InChI is InChI=1S/C19H28N2O4/c1-4-6-13-21-17(22)12-11-15(19(23)20-25-5-2)18(21)14-9-7-8-10-16(14)24-3/h7-10,15,18H,4-6,11-13H2,1-3H3,(H,20,23)/t15-,18+/m0/s1. The van der Waals surface area contributed by atoms with Gasteiger partial charge in [-0.3, -0.25) is 14.4 Å². The number of hydroxylamine groups is 1. The normalized spacial score (nSPS) is 20.4. The van der Waals surface area contributed by atoms with Gasteiger partial charge >= 0.3 is 0 Å². The number of nitrogens with one attached hydrogen (secondary N) is 1. The first kappa shape index (κ1) is 19.2. The molecule has 1 aromatic rings. The van der Waals surface area contributed by atoms with E-state index in [0.29, 0.717) is 31.7 Å². The molecule has 0 radical (unpaired) electrons. The molecule has 0 unspecified atom stereocenters. The number of likely N-dealkylation sites (tertiary alicyclic amines) is 1. The van der Waals surface area contributed by atoms with Crippen LogP contribution in [0.4, 0.5) is 0 Å². The number of amides is 2. The Hall–Kier alpha value is -2.08. The van der Waals surface area contributed by atoms with Crippen LogP contribution in [-0.2, 0) is 14.4 Å². The third-order valence-electron chi connectivity index (χ3n) is 4.57. The molecule has 1 aliphatic heterocycles. The molecule has 6 heteroatoms. The maximum absolute atomic E-state index is 12.7. The zero-order valence-corrected chi connectivity index (χ0v) is 15.3. The van der Waals surface area contributed by atoms with Gasteiger partial charge in [0.1, 0.15) is 5.75 Å². The van der Waals surface area contributed by atoms with Crippen LogP contribution in [0.15, 0.2) is 24.3 Å². The number of benzene rings is 1. The molecule has 2 rings (SSSR count). The van der Waals surface area contributed by atoms with E-state index in [2.05, 4.69) is 12.4 Å². The van der Waals surface area contributed by atoms with Crippen LogP contribution >= 0.6 is 0 Å². The minimum Gasteiger partial charge on any atom is -0.496 e. The van der Waals surface area contributed by atoms with E-state index >= 15 is 0 Å². The van der Waals surface area contributed by atoms with E-state index in [1.807, 2.05) is 36.1 Å². The fourth-order valence-electron chi connectivity index (χ4n) is 3.33. The number of ether oxygens (including phenoxy) is 1. The van der Waals surface area contributed by atoms with Gasteiger partial charge in [-0.25, -0.2) is 5.48 Å². The number of carbonyl (C=O) groups excluding carboxylic acids is 2. The number of rotatable bonds is 8. The summed E-state index contributed by atoms with van der Waals surface area (Å²) in [7, 11) is 1.61. The van der Waals surface area contributed by atoms with Crippen LogP contribution in [-0.4, -0.2) is 37.0 Å². The Morgan fingerprint density at radius 1 is 1.32 bits per heavy atom. The molecule has 0 saturated carbocycles. The first-order valence-electron chi connectivity index (χ1n) is 8.98. The van der Waals surface area contributed by atoms with Gasteiger partial charge in [0.2, 0.25) is 11.8 Å². The van der Waals surface area contributed by atoms with Crippen LogP contribution in [0.1, 0.15) is 51.1 Å². The third kappa shape index (κ3) is 4.51. The number of piperidine rings is 1. The monoisotopic (exact) mass is 348 g/mol. The summed E-state index contributed by atoms with van der Waals surface area (Å²) in [4.78, 5) is 32.2. The van der Waals surface area contributed by atoms with Gasteiger partial charge in [-0.15, -0.1) is 0 Å². The summed E-state index contributed by atoms with van der Waals surface area (Å²) in [5.74, 6) is 0.229. The van der Waals surface area contributed by atoms with E-state index < -0.39 is 0 Å². The van der Waals surface area contributed by atoms with Gasteiger partial charge in [0.25, 0.3) is 0 Å². The Kier molecular flexibility index (Phi) is 7.25. The van der Waals surface area contributed by atoms with Gasteiger partial charge in [-0.1, -0.05) is 31.5 Å². The molecule has 1 fully saturated rings. The lowest BCUT2D eigenvalue weighted by atomic mass is 9.83. The van der Waals surface area contributed by atoms with Gasteiger partial charge in [-0.05, 0) is 25.8 Å². The van der Waals surface area contributed by atoms with Crippen LogP contribution in [0.3, 0.4) is 0 Å². The van der Waals surface area contributed by atoms with Crippen molar-refractivity contribution in [1.82, 2.24) is 10.4 Å². The van der Waals surface area contributed by atoms with E-state index in [1.54, 1.807) is 7.11 Å². The molecule has 0 bridgehead atoms. The topological polar surface area (TPSA) is 67.9 Å². The first-order valence-corrected chi connectivity index (χ1v) is 8.98. The molecule has 6 nitrogen and oxygen atoms in total. The van der Waals surface area contributed by atoms with E-state index in [0.717, 1.165) is 18.4 Å². The zero-order valence-electron chi connectivity index (χ0n) is 15.3. The largest absolute Gasteiger partial charge is 0.496 e. The number of para-hydroxylation sites is 1. The van der Waals surface area contributed by atoms with Crippen molar-refractivity contribution in [2.45, 2.75) is 45.6 Å². The number of nitrogens with zero attached hydrogens (tertiary/aromatic N) is 1. The van der Waals surface area contributed by atoms with Crippen LogP contribution < -0.4 is 10.2 Å². The lowest BCUT2D eigenvalue weighted by Crippen LogP contribution is -2.48. The van der Waals surface area contributed by atoms with Crippen molar-refractivity contribution in [3.8, 4) is 5.75 Å². The maximum Gasteiger partial charge on any atom is 0.249 e. The van der Waals surface area contributed by atoms with Crippen molar-refractivity contribution in [2.24, 2.45) is 5.92 Å². The summed E-state index contributed by atoms with van der Waals surface area (Å²) >= 11 is 0. The Labute approximate surface area is 149 Å². The summed E-state index contributed by atoms with van der Waals surface area (Å²) < 4.78 is 5.49. The summed E-state index contributed by atoms with van der Waals surface area (Å²) in [6.45, 7) is 4.94. The second-order valence-corrected chi connectivity index (χ2v) is 6.17. The predicted octanol–water partition coefficient (Wildman–Crippen LogP) is 2.84. The van der Waals surface area contributed by atoms with Crippen molar-refractivity contribution < 1.29 is 19.2 Å². The molecule has 0 spiro atoms. The zero-order chi connectivity index (χ0) is 18.2. The number of carbonyl (C=O) groups is 2. The lowest BCUT2D eigenvalue weighted by molar-refractivity contribution is -0.149. The molecule has 138 valence electrons. The molecule has 1 aliphatic rings. The Balaban J connectivity index is 2.40. The molecule has 1 heterocycles. The van der Waals surface area contributed by atoms with Crippen molar-refractivity contribution in [2.75, 3.05) is 20.3 Å². The highest BCUT2D eigenvalue weighted by molar-refractivity contribution is 5.84. The van der Waals surface area contributed by atoms with Crippen LogP contribution in [0.5, 0.6) is 5.75 Å². The molecular formula is C19H28N2O4. The van der Waals surface area contributed by atoms with E-state index in [4.69, 9.17) is 9.57 Å². The second kappa shape index (κ2) is 9.42. The first-order chi connectivity index (χ1) is 12.1. The van der Waals surface area contributed by atoms with Gasteiger partial charge in [0.15, 0.2) is 0 Å². The molecule has 1 aromatic carbocycles. The Morgan fingerprint density at radius 2 is 2.08 bits per heavy atom. The summed E-state index contributed by atoms with van der Waals surface area (Å²) in [6.07, 6.45) is 2.76. The number of unbranched alkanes of at least 4 members (excludes halogenated alkanes) is 1. The van der Waals surface area contributed by atoms with Crippen molar-refractivity contribution in [1.29, 1.82) is 0 Å². The van der Waals surface area contributed by atoms with Crippen LogP contribution in [0.2, 0.25) is 0 Å². The number of hydrogen-bond acceptors (Lipinski definition) is 4. The van der Waals surface area contributed by atoms with Crippen molar-refractivity contribution in [3.05, 3.63) is 29.8 Å². The highest BCUT2D eigenvalue weighted by Crippen LogP contribution is 2.40. The van der Waals surface area contributed by atoms with Crippen LogP contribution in [0.25, 0.3) is 0 Å². The molecular weight excluding hydrogens is 320 g/mol. The summed E-state index contributed by atoms with van der Waals surface area (Å²) in [5, 5.41) is 0. The van der Waals surface area contributed by atoms with Gasteiger partial charge in [0.05, 0.1) is 25.7 Å². The fraction of sp³-hybridized carbons (Fsp3) is 0.579. The van der Waals surface area contributed by atoms with E-state index in [-0.39, 0.29) is 23.8 Å². The molecule has 2 atom stereocenters. The quantitative estimate of drug-likeness (QED) is 0.734. The summed E-state index contributed by atoms with van der Waals surface area (Å²) in [5.41, 5.74) is 3.38. The molecule has 1 N–H and O–H groups in total. The number of hydrogen-bond donors (Lipinski definition) is 1. The minimum atomic E-state index is -0.364. The van der Waals surface area contributed by atoms with Gasteiger partial charge < -0.3 is 9.64 Å². The molecule has 0 aliphatic carbocycles. The van der Waals surface area contributed by atoms with E-state index in [9.17, 15) is 9.59 Å². The number of methoxy groups -OCH3 is 1. The minimum absolute atomic E-state index is 0.0878. The Bertz CT molecular complexity index is 591. The molecule has 0 aromatic heterocycles. The average Bonchev–Trinajstić information content (AvgIpc) is 2.64. The van der Waals surface area contributed by atoms with Crippen molar-refractivity contribution >= 4 is 11.8 Å². The van der Waals surface area contributed by atoms with Crippen LogP contribution in [0, 0.1) is 5.92 Å². The third-order valence-corrected chi connectivity index (χ3v) is 4.57. The lowest BCUT2D eigenvalue weighted by Gasteiger charge is -2.41. The predicted molar refractivity (Wildman–Crippen MR) is 94.8 cm³/mol. The maximum atomic E-state index is 12.7. The molecule has 2 amide bonds. The highest BCUT2D eigenvalue weighted by atomic mass is 16.6. The fourth-order valence-corrected chi connectivity index (χ4v) is 3.33. The van der Waals surface area contributed by atoms with E-state index in [1.165, 1.54) is 0 Å². The van der Waals surface area contributed by atoms with Gasteiger partial charge in [0, 0.05) is 18.5 Å². The molecule has 1 saturated heterocycles. The second-order valence-electron chi connectivity index (χ2n) is 6.17. The summed E-state index contributed by atoms with van der Waals surface area (Å²) in [6, 6.07) is 7.25. The highest BCUT2D eigenvalue weighted by Gasteiger charge is 2.41. The smallest absolute Gasteiger partial charge is 0.249 e. The van der Waals surface area contributed by atoms with Crippen molar-refractivity contribution in [3.63, 3.8) is 0 Å². The Morgan fingerprint density at radius 3 is 2.76 bits per heavy atom. The van der Waals surface area contributed by atoms with Gasteiger partial charge in [-0.2, -0.15) is 0 Å². The average molecular weight is 348 g/mol. The SMILES string of the molecule is CCCCN1C(=O)CC[C@H](C(=O)NOCC)[C@H]1c1ccccc1OC. The molecule has 25 heavy (non-hydrogen) atoms.